The van der Waals surface area contributed by atoms with Gasteiger partial charge in [-0.05, 0) is 79.8 Å². The number of piperidine rings is 1. The van der Waals surface area contributed by atoms with E-state index in [0.29, 0.717) is 59.4 Å². The number of carbonyl (C=O) groups is 2. The van der Waals surface area contributed by atoms with Gasteiger partial charge in [-0.25, -0.2) is 17.6 Å². The molecule has 2 aromatic carbocycles. The molecule has 1 aliphatic heterocycles. The Balaban J connectivity index is 1.31. The number of sulfonamides is 1. The van der Waals surface area contributed by atoms with Crippen LogP contribution in [0.4, 0.5) is 17.6 Å². The van der Waals surface area contributed by atoms with Crippen molar-refractivity contribution in [2.45, 2.75) is 68.5 Å². The SMILES string of the molecule is O=C(c1cc(C2CC2)c(CN2CCC(Oc3ccc(Cl)c(Cl)c3)CC2)cc1F)N(OC(=O)C(F)(F)F)S(=O)(=O)C1CC1. The van der Waals surface area contributed by atoms with Crippen LogP contribution in [0.1, 0.15) is 65.9 Å². The zero-order chi connectivity index (χ0) is 30.4. The second-order valence-corrected chi connectivity index (χ2v) is 13.5. The molecule has 0 radical (unpaired) electrons. The van der Waals surface area contributed by atoms with Gasteiger partial charge in [0.2, 0.25) is 0 Å². The van der Waals surface area contributed by atoms with Gasteiger partial charge in [0.15, 0.2) is 0 Å². The predicted molar refractivity (Wildman–Crippen MR) is 144 cm³/mol. The molecule has 0 aromatic heterocycles. The zero-order valence-electron chi connectivity index (χ0n) is 22.0. The first-order valence-electron chi connectivity index (χ1n) is 13.3. The molecule has 228 valence electrons. The van der Waals surface area contributed by atoms with Crippen LogP contribution in [0.3, 0.4) is 0 Å². The Morgan fingerprint density at radius 3 is 2.21 bits per heavy atom. The van der Waals surface area contributed by atoms with Gasteiger partial charge < -0.3 is 9.57 Å². The molecule has 1 saturated heterocycles. The lowest BCUT2D eigenvalue weighted by molar-refractivity contribution is -0.217. The van der Waals surface area contributed by atoms with Gasteiger partial charge in [0, 0.05) is 25.7 Å². The molecule has 2 aliphatic carbocycles. The minimum absolute atomic E-state index is 0.0195. The van der Waals surface area contributed by atoms with Gasteiger partial charge >= 0.3 is 18.1 Å². The second-order valence-electron chi connectivity index (χ2n) is 10.6. The van der Waals surface area contributed by atoms with Crippen LogP contribution in [0.15, 0.2) is 30.3 Å². The Hall–Kier alpha value is -2.61. The van der Waals surface area contributed by atoms with Gasteiger partial charge in [-0.3, -0.25) is 9.69 Å². The van der Waals surface area contributed by atoms with Crippen molar-refractivity contribution in [3.05, 3.63) is 62.9 Å². The first kappa shape index (κ1) is 30.8. The molecule has 5 rings (SSSR count). The van der Waals surface area contributed by atoms with Crippen molar-refractivity contribution in [1.29, 1.82) is 0 Å². The molecule has 1 heterocycles. The average molecular weight is 653 g/mol. The van der Waals surface area contributed by atoms with Crippen LogP contribution in [0, 0.1) is 5.82 Å². The lowest BCUT2D eigenvalue weighted by Gasteiger charge is -2.32. The number of benzene rings is 2. The van der Waals surface area contributed by atoms with E-state index in [1.165, 1.54) is 6.07 Å². The van der Waals surface area contributed by atoms with Crippen molar-refractivity contribution in [1.82, 2.24) is 9.37 Å². The summed E-state index contributed by atoms with van der Waals surface area (Å²) in [7, 11) is -4.79. The molecule has 15 heteroatoms. The summed E-state index contributed by atoms with van der Waals surface area (Å²) in [4.78, 5) is 30.7. The number of nitrogens with zero attached hydrogens (tertiary/aromatic N) is 2. The highest BCUT2D eigenvalue weighted by molar-refractivity contribution is 7.90. The molecule has 3 fully saturated rings. The van der Waals surface area contributed by atoms with E-state index in [9.17, 15) is 31.2 Å². The molecule has 2 aromatic rings. The van der Waals surface area contributed by atoms with Crippen LogP contribution < -0.4 is 4.74 Å². The monoisotopic (exact) mass is 652 g/mol. The van der Waals surface area contributed by atoms with Crippen molar-refractivity contribution < 1.29 is 45.1 Å². The Bertz CT molecular complexity index is 1490. The van der Waals surface area contributed by atoms with E-state index in [0.717, 1.165) is 18.9 Å². The number of alkyl halides is 3. The van der Waals surface area contributed by atoms with Crippen molar-refractivity contribution in [2.24, 2.45) is 0 Å². The fraction of sp³-hybridized carbons (Fsp3) is 0.481. The van der Waals surface area contributed by atoms with Crippen molar-refractivity contribution in [3.8, 4) is 5.75 Å². The Kier molecular flexibility index (Phi) is 8.68. The number of hydroxylamine groups is 1. The molecular weight excluding hydrogens is 627 g/mol. The summed E-state index contributed by atoms with van der Waals surface area (Å²) in [6.07, 6.45) is -2.65. The van der Waals surface area contributed by atoms with E-state index >= 15 is 4.39 Å². The van der Waals surface area contributed by atoms with Gasteiger partial charge in [0.1, 0.15) is 17.7 Å². The zero-order valence-corrected chi connectivity index (χ0v) is 24.3. The van der Waals surface area contributed by atoms with E-state index in [-0.39, 0.29) is 24.9 Å². The van der Waals surface area contributed by atoms with Gasteiger partial charge in [0.25, 0.3) is 10.0 Å². The number of ether oxygens (including phenoxy) is 1. The molecule has 2 saturated carbocycles. The summed E-state index contributed by atoms with van der Waals surface area (Å²) in [6.45, 7) is 1.59. The summed E-state index contributed by atoms with van der Waals surface area (Å²) in [5.41, 5.74) is 0.396. The van der Waals surface area contributed by atoms with Gasteiger partial charge in [0.05, 0.1) is 20.9 Å². The molecule has 0 N–H and O–H groups in total. The van der Waals surface area contributed by atoms with Crippen LogP contribution in [-0.4, -0.2) is 60.3 Å². The van der Waals surface area contributed by atoms with Gasteiger partial charge in [-0.15, -0.1) is 0 Å². The molecule has 0 bridgehead atoms. The van der Waals surface area contributed by atoms with Crippen LogP contribution in [0.25, 0.3) is 0 Å². The predicted octanol–water partition coefficient (Wildman–Crippen LogP) is 6.01. The smallest absolute Gasteiger partial charge is 0.490 e. The number of hydrogen-bond donors (Lipinski definition) is 0. The molecule has 8 nitrogen and oxygen atoms in total. The van der Waals surface area contributed by atoms with E-state index < -0.39 is 49.2 Å². The largest absolute Gasteiger partial charge is 0.493 e. The van der Waals surface area contributed by atoms with Crippen LogP contribution in [-0.2, 0) is 26.2 Å². The third kappa shape index (κ3) is 6.95. The summed E-state index contributed by atoms with van der Waals surface area (Å²) in [5.74, 6) is -5.14. The summed E-state index contributed by atoms with van der Waals surface area (Å²) >= 11 is 12.0. The fourth-order valence-corrected chi connectivity index (χ4v) is 6.60. The van der Waals surface area contributed by atoms with Crippen molar-refractivity contribution in [2.75, 3.05) is 13.1 Å². The van der Waals surface area contributed by atoms with Crippen LogP contribution in [0.2, 0.25) is 10.0 Å². The van der Waals surface area contributed by atoms with E-state index in [1.54, 1.807) is 18.2 Å². The van der Waals surface area contributed by atoms with E-state index in [2.05, 4.69) is 9.74 Å². The van der Waals surface area contributed by atoms with E-state index in [4.69, 9.17) is 27.9 Å². The van der Waals surface area contributed by atoms with Crippen LogP contribution >= 0.6 is 23.2 Å². The molecule has 3 aliphatic rings. The normalized spacial score (nSPS) is 18.5. The number of carbonyl (C=O) groups excluding carboxylic acids is 2. The van der Waals surface area contributed by atoms with Gasteiger partial charge in [-0.1, -0.05) is 27.7 Å². The molecule has 1 amide bonds. The maximum atomic E-state index is 15.4. The minimum Gasteiger partial charge on any atom is -0.490 e. The molecule has 0 atom stereocenters. The third-order valence-corrected chi connectivity index (χ3v) is 10.1. The number of amides is 1. The third-order valence-electron chi connectivity index (χ3n) is 7.34. The fourth-order valence-electron chi connectivity index (χ4n) is 4.81. The van der Waals surface area contributed by atoms with Crippen molar-refractivity contribution >= 4 is 45.1 Å². The minimum atomic E-state index is -5.57. The molecule has 0 unspecified atom stereocenters. The number of likely N-dealkylation sites (tertiary alicyclic amines) is 1. The summed E-state index contributed by atoms with van der Waals surface area (Å²) in [6, 6.07) is 7.30. The summed E-state index contributed by atoms with van der Waals surface area (Å²) < 4.78 is 84.8. The Morgan fingerprint density at radius 2 is 1.64 bits per heavy atom. The molecular formula is C27H26Cl2F4N2O6S. The summed E-state index contributed by atoms with van der Waals surface area (Å²) in [5, 5.41) is -0.393. The highest BCUT2D eigenvalue weighted by Crippen LogP contribution is 2.43. The lowest BCUT2D eigenvalue weighted by atomic mass is 9.97. The number of rotatable bonds is 8. The topological polar surface area (TPSA) is 93.2 Å². The van der Waals surface area contributed by atoms with Gasteiger partial charge in [-0.2, -0.15) is 13.2 Å². The standard InChI is InChI=1S/C27H26Cl2F4N2O6S/c28-22-6-3-18(12-23(22)29)40-17-7-9-34(10-8-17)14-16-11-24(30)21(13-20(16)15-1-2-15)25(36)35(41-26(37)27(31,32)33)42(38,39)19-4-5-19/h3,6,11-13,15,17,19H,1-2,4-5,7-10,14H2. The van der Waals surface area contributed by atoms with Crippen LogP contribution in [0.5, 0.6) is 5.75 Å². The molecule has 42 heavy (non-hydrogen) atoms. The average Bonchev–Trinajstić information content (AvgIpc) is 3.82. The number of halogens is 6. The second kappa shape index (κ2) is 11.8. The Labute approximate surface area is 249 Å². The first-order valence-corrected chi connectivity index (χ1v) is 15.5. The highest BCUT2D eigenvalue weighted by Gasteiger charge is 2.50. The molecule has 0 spiro atoms. The Morgan fingerprint density at radius 1 is 0.976 bits per heavy atom. The highest BCUT2D eigenvalue weighted by atomic mass is 35.5. The maximum Gasteiger partial charge on any atom is 0.493 e. The van der Waals surface area contributed by atoms with Crippen molar-refractivity contribution in [3.63, 3.8) is 0 Å². The lowest BCUT2D eigenvalue weighted by Crippen LogP contribution is -2.44. The number of hydrogen-bond acceptors (Lipinski definition) is 7. The maximum absolute atomic E-state index is 15.4. The van der Waals surface area contributed by atoms with E-state index in [1.807, 2.05) is 0 Å². The quantitative estimate of drug-likeness (QED) is 0.255. The first-order chi connectivity index (χ1) is 19.7.